The maximum atomic E-state index is 13.3. The normalized spacial score (nSPS) is 10.5. The van der Waals surface area contributed by atoms with Crippen LogP contribution in [-0.2, 0) is 0 Å². The highest BCUT2D eigenvalue weighted by atomic mass is 19.1. The molecule has 0 bridgehead atoms. The van der Waals surface area contributed by atoms with Crippen molar-refractivity contribution in [1.29, 1.82) is 0 Å². The molecule has 3 aromatic rings. The molecule has 1 aromatic heterocycles. The predicted octanol–water partition coefficient (Wildman–Crippen LogP) is 3.52. The molecule has 0 saturated carbocycles. The molecule has 0 unspecified atom stereocenters. The van der Waals surface area contributed by atoms with Crippen LogP contribution in [0.4, 0.5) is 15.9 Å². The third kappa shape index (κ3) is 2.38. The van der Waals surface area contributed by atoms with E-state index in [1.807, 2.05) is 24.3 Å². The minimum Gasteiger partial charge on any atom is -0.494 e. The number of para-hydroxylation sites is 2. The van der Waals surface area contributed by atoms with Crippen LogP contribution in [0.2, 0.25) is 0 Å². The van der Waals surface area contributed by atoms with Crippen LogP contribution in [0, 0.1) is 5.82 Å². The summed E-state index contributed by atoms with van der Waals surface area (Å²) in [5, 5.41) is 3.08. The molecule has 3 rings (SSSR count). The zero-order chi connectivity index (χ0) is 13.9. The molecule has 0 spiro atoms. The quantitative estimate of drug-likeness (QED) is 0.790. The van der Waals surface area contributed by atoms with Crippen LogP contribution >= 0.6 is 0 Å². The Balaban J connectivity index is 1.92. The fourth-order valence-electron chi connectivity index (χ4n) is 1.90. The number of hydrogen-bond donors (Lipinski definition) is 1. The van der Waals surface area contributed by atoms with E-state index in [2.05, 4.69) is 15.3 Å². The van der Waals surface area contributed by atoms with Crippen LogP contribution in [0.1, 0.15) is 0 Å². The number of anilines is 2. The van der Waals surface area contributed by atoms with Gasteiger partial charge in [0.05, 0.1) is 24.3 Å². The average molecular weight is 269 g/mol. The molecule has 1 heterocycles. The largest absolute Gasteiger partial charge is 0.494 e. The van der Waals surface area contributed by atoms with Gasteiger partial charge in [-0.15, -0.1) is 0 Å². The molecule has 0 aliphatic rings. The molecule has 0 atom stereocenters. The third-order valence-electron chi connectivity index (χ3n) is 2.87. The molecule has 5 heteroatoms. The Morgan fingerprint density at radius 2 is 1.90 bits per heavy atom. The van der Waals surface area contributed by atoms with E-state index in [0.29, 0.717) is 11.5 Å². The van der Waals surface area contributed by atoms with Gasteiger partial charge in [-0.3, -0.25) is 4.98 Å². The summed E-state index contributed by atoms with van der Waals surface area (Å²) < 4.78 is 18.3. The van der Waals surface area contributed by atoms with E-state index in [9.17, 15) is 4.39 Å². The Kier molecular flexibility index (Phi) is 3.16. The lowest BCUT2D eigenvalue weighted by Gasteiger charge is -2.08. The van der Waals surface area contributed by atoms with E-state index in [1.54, 1.807) is 18.3 Å². The molecule has 4 nitrogen and oxygen atoms in total. The smallest absolute Gasteiger partial charge is 0.165 e. The number of halogens is 1. The summed E-state index contributed by atoms with van der Waals surface area (Å²) in [4.78, 5) is 8.75. The summed E-state index contributed by atoms with van der Waals surface area (Å²) in [6.45, 7) is 0. The van der Waals surface area contributed by atoms with Crippen molar-refractivity contribution in [2.45, 2.75) is 0 Å². The minimum atomic E-state index is -0.400. The first kappa shape index (κ1) is 12.3. The van der Waals surface area contributed by atoms with E-state index >= 15 is 0 Å². The molecule has 100 valence electrons. The van der Waals surface area contributed by atoms with Crippen LogP contribution in [0.3, 0.4) is 0 Å². The first-order chi connectivity index (χ1) is 9.76. The summed E-state index contributed by atoms with van der Waals surface area (Å²) in [7, 11) is 1.43. The van der Waals surface area contributed by atoms with Gasteiger partial charge in [0.1, 0.15) is 5.82 Å². The average Bonchev–Trinajstić information content (AvgIpc) is 2.49. The number of hydrogen-bond acceptors (Lipinski definition) is 4. The Morgan fingerprint density at radius 1 is 1.10 bits per heavy atom. The number of benzene rings is 2. The highest BCUT2D eigenvalue weighted by molar-refractivity contribution is 5.76. The summed E-state index contributed by atoms with van der Waals surface area (Å²) in [5.41, 5.74) is 2.31. The van der Waals surface area contributed by atoms with Gasteiger partial charge in [-0.1, -0.05) is 12.1 Å². The molecule has 1 N–H and O–H groups in total. The number of fused-ring (bicyclic) bond motifs is 1. The monoisotopic (exact) mass is 269 g/mol. The van der Waals surface area contributed by atoms with Crippen molar-refractivity contribution in [1.82, 2.24) is 9.97 Å². The maximum absolute atomic E-state index is 13.3. The number of nitrogens with zero attached hydrogens (tertiary/aromatic N) is 2. The van der Waals surface area contributed by atoms with Gasteiger partial charge >= 0.3 is 0 Å². The molecule has 0 aliphatic heterocycles. The van der Waals surface area contributed by atoms with Crippen LogP contribution < -0.4 is 10.1 Å². The zero-order valence-electron chi connectivity index (χ0n) is 10.8. The van der Waals surface area contributed by atoms with Gasteiger partial charge in [-0.05, 0) is 24.3 Å². The number of nitrogens with one attached hydrogen (secondary N) is 1. The second-order valence-corrected chi connectivity index (χ2v) is 4.22. The van der Waals surface area contributed by atoms with Gasteiger partial charge in [0.25, 0.3) is 0 Å². The molecular formula is C15H12FN3O. The molecule has 20 heavy (non-hydrogen) atoms. The van der Waals surface area contributed by atoms with Gasteiger partial charge in [0, 0.05) is 11.8 Å². The Morgan fingerprint density at radius 3 is 2.70 bits per heavy atom. The molecule has 2 aromatic carbocycles. The fourth-order valence-corrected chi connectivity index (χ4v) is 1.90. The van der Waals surface area contributed by atoms with Crippen molar-refractivity contribution in [3.63, 3.8) is 0 Å². The van der Waals surface area contributed by atoms with Crippen molar-refractivity contribution in [3.8, 4) is 5.75 Å². The lowest BCUT2D eigenvalue weighted by atomic mass is 10.3. The lowest BCUT2D eigenvalue weighted by Crippen LogP contribution is -1.96. The minimum absolute atomic E-state index is 0.184. The van der Waals surface area contributed by atoms with Gasteiger partial charge < -0.3 is 10.1 Å². The standard InChI is InChI=1S/C15H12FN3O/c1-20-14-8-10(6-7-11(14)16)18-15-9-17-12-4-2-3-5-13(12)19-15/h2-9H,1H3,(H,18,19). The Labute approximate surface area is 115 Å². The van der Waals surface area contributed by atoms with Crippen molar-refractivity contribution >= 4 is 22.5 Å². The Bertz CT molecular complexity index is 761. The molecule has 0 radical (unpaired) electrons. The summed E-state index contributed by atoms with van der Waals surface area (Å²) in [6, 6.07) is 12.1. The van der Waals surface area contributed by atoms with Crippen LogP contribution in [0.15, 0.2) is 48.7 Å². The number of aromatic nitrogens is 2. The molecule has 0 saturated heterocycles. The maximum Gasteiger partial charge on any atom is 0.165 e. The van der Waals surface area contributed by atoms with Gasteiger partial charge in [0.2, 0.25) is 0 Å². The lowest BCUT2D eigenvalue weighted by molar-refractivity contribution is 0.387. The molecular weight excluding hydrogens is 257 g/mol. The highest BCUT2D eigenvalue weighted by Crippen LogP contribution is 2.24. The molecule has 0 aliphatic carbocycles. The highest BCUT2D eigenvalue weighted by Gasteiger charge is 2.05. The van der Waals surface area contributed by atoms with E-state index < -0.39 is 5.82 Å². The summed E-state index contributed by atoms with van der Waals surface area (Å²) in [6.07, 6.45) is 1.64. The van der Waals surface area contributed by atoms with Crippen molar-refractivity contribution in [2.24, 2.45) is 0 Å². The van der Waals surface area contributed by atoms with Gasteiger partial charge in [-0.2, -0.15) is 0 Å². The Hall–Kier alpha value is -2.69. The first-order valence-corrected chi connectivity index (χ1v) is 6.08. The van der Waals surface area contributed by atoms with E-state index in [-0.39, 0.29) is 5.75 Å². The van der Waals surface area contributed by atoms with Crippen LogP contribution in [0.5, 0.6) is 5.75 Å². The SMILES string of the molecule is COc1cc(Nc2cnc3ccccc3n2)ccc1F. The van der Waals surface area contributed by atoms with E-state index in [4.69, 9.17) is 4.74 Å². The van der Waals surface area contributed by atoms with E-state index in [0.717, 1.165) is 11.0 Å². The van der Waals surface area contributed by atoms with Gasteiger partial charge in [-0.25, -0.2) is 9.37 Å². The van der Waals surface area contributed by atoms with Crippen LogP contribution in [0.25, 0.3) is 11.0 Å². The van der Waals surface area contributed by atoms with Crippen LogP contribution in [-0.4, -0.2) is 17.1 Å². The third-order valence-corrected chi connectivity index (χ3v) is 2.87. The summed E-state index contributed by atoms with van der Waals surface area (Å²) >= 11 is 0. The van der Waals surface area contributed by atoms with Crippen molar-refractivity contribution < 1.29 is 9.13 Å². The zero-order valence-corrected chi connectivity index (χ0v) is 10.8. The van der Waals surface area contributed by atoms with E-state index in [1.165, 1.54) is 13.2 Å². The first-order valence-electron chi connectivity index (χ1n) is 6.08. The molecule has 0 amide bonds. The number of methoxy groups -OCH3 is 1. The fraction of sp³-hybridized carbons (Fsp3) is 0.0667. The second-order valence-electron chi connectivity index (χ2n) is 4.22. The summed E-state index contributed by atoms with van der Waals surface area (Å²) in [5.74, 6) is 0.378. The topological polar surface area (TPSA) is 47.0 Å². The second kappa shape index (κ2) is 5.13. The predicted molar refractivity (Wildman–Crippen MR) is 75.8 cm³/mol. The number of rotatable bonds is 3. The molecule has 0 fully saturated rings. The van der Waals surface area contributed by atoms with Gasteiger partial charge in [0.15, 0.2) is 11.6 Å². The van der Waals surface area contributed by atoms with Crippen molar-refractivity contribution in [3.05, 3.63) is 54.5 Å². The number of ether oxygens (including phenoxy) is 1. The van der Waals surface area contributed by atoms with Crippen molar-refractivity contribution in [2.75, 3.05) is 12.4 Å².